The maximum atomic E-state index is 12.4. The Bertz CT molecular complexity index is 799. The minimum absolute atomic E-state index is 0.00146. The van der Waals surface area contributed by atoms with E-state index in [0.717, 1.165) is 0 Å². The molecule has 6 nitrogen and oxygen atoms in total. The van der Waals surface area contributed by atoms with Gasteiger partial charge in [-0.3, -0.25) is 15.0 Å². The van der Waals surface area contributed by atoms with Gasteiger partial charge < -0.3 is 9.84 Å². The third kappa shape index (κ3) is 2.74. The quantitative estimate of drug-likeness (QED) is 0.670. The number of nitrogens with one attached hydrogen (secondary N) is 1. The highest BCUT2D eigenvalue weighted by molar-refractivity contribution is 6.31. The van der Waals surface area contributed by atoms with Crippen molar-refractivity contribution in [1.82, 2.24) is 5.43 Å². The number of phenolic OH excluding ortho intramolecular Hbond substituents is 1. The number of carbonyl (C=O) groups is 2. The summed E-state index contributed by atoms with van der Waals surface area (Å²) in [5.74, 6) is -0.682. The number of benzene rings is 2. The maximum absolute atomic E-state index is 12.4. The van der Waals surface area contributed by atoms with Gasteiger partial charge in [-0.25, -0.2) is 5.01 Å². The fourth-order valence-electron chi connectivity index (χ4n) is 2.28. The van der Waals surface area contributed by atoms with E-state index < -0.39 is 11.8 Å². The van der Waals surface area contributed by atoms with Gasteiger partial charge in [0.15, 0.2) is 11.5 Å². The number of methoxy groups -OCH3 is 1. The molecule has 0 aliphatic carbocycles. The first-order valence-corrected chi connectivity index (χ1v) is 6.89. The van der Waals surface area contributed by atoms with Crippen LogP contribution >= 0.6 is 0 Å². The summed E-state index contributed by atoms with van der Waals surface area (Å²) in [6.07, 6.45) is 1.43. The number of para-hydroxylation sites is 1. The van der Waals surface area contributed by atoms with E-state index in [1.54, 1.807) is 36.4 Å². The van der Waals surface area contributed by atoms with Crippen LogP contribution in [0.3, 0.4) is 0 Å². The molecule has 2 aromatic carbocycles. The summed E-state index contributed by atoms with van der Waals surface area (Å²) in [6.45, 7) is 0. The Morgan fingerprint density at radius 3 is 2.52 bits per heavy atom. The molecule has 1 fully saturated rings. The van der Waals surface area contributed by atoms with Gasteiger partial charge in [-0.2, -0.15) is 0 Å². The van der Waals surface area contributed by atoms with Crippen molar-refractivity contribution in [2.75, 3.05) is 12.1 Å². The van der Waals surface area contributed by atoms with Crippen molar-refractivity contribution in [2.24, 2.45) is 0 Å². The lowest BCUT2D eigenvalue weighted by Gasteiger charge is -2.13. The third-order valence-corrected chi connectivity index (χ3v) is 3.42. The summed E-state index contributed by atoms with van der Waals surface area (Å²) in [6, 6.07) is 13.5. The van der Waals surface area contributed by atoms with Gasteiger partial charge in [0.05, 0.1) is 12.8 Å². The number of ether oxygens (including phenoxy) is 1. The number of hydrogen-bond donors (Lipinski definition) is 2. The molecule has 6 heteroatoms. The Morgan fingerprint density at radius 1 is 1.13 bits per heavy atom. The lowest BCUT2D eigenvalue weighted by molar-refractivity contribution is -0.117. The minimum Gasteiger partial charge on any atom is -0.504 e. The summed E-state index contributed by atoms with van der Waals surface area (Å²) >= 11 is 0. The van der Waals surface area contributed by atoms with Crippen LogP contribution in [0.2, 0.25) is 0 Å². The van der Waals surface area contributed by atoms with Crippen LogP contribution in [0.15, 0.2) is 54.1 Å². The number of anilines is 1. The molecule has 2 N–H and O–H groups in total. The van der Waals surface area contributed by atoms with E-state index in [4.69, 9.17) is 4.74 Å². The highest BCUT2D eigenvalue weighted by atomic mass is 16.5. The summed E-state index contributed by atoms with van der Waals surface area (Å²) < 4.78 is 4.96. The number of amides is 2. The molecule has 0 unspecified atom stereocenters. The second-order valence-corrected chi connectivity index (χ2v) is 4.91. The predicted octanol–water partition coefficient (Wildman–Crippen LogP) is 1.86. The van der Waals surface area contributed by atoms with Crippen LogP contribution in [0.25, 0.3) is 6.08 Å². The Hall–Kier alpha value is -3.28. The molecular formula is C17H14N2O4. The standard InChI is InChI=1S/C17H14N2O4/c1-23-15-8-7-11(10-14(15)20)9-13-16(21)18-19(17(13)22)12-5-3-2-4-6-12/h2-10,20H,1H3,(H,18,21). The lowest BCUT2D eigenvalue weighted by Crippen LogP contribution is -2.35. The van der Waals surface area contributed by atoms with Crippen LogP contribution in [0.5, 0.6) is 11.5 Å². The van der Waals surface area contributed by atoms with Crippen molar-refractivity contribution >= 4 is 23.6 Å². The first-order chi connectivity index (χ1) is 11.1. The lowest BCUT2D eigenvalue weighted by atomic mass is 10.1. The normalized spacial score (nSPS) is 15.9. The number of carbonyl (C=O) groups excluding carboxylic acids is 2. The molecule has 0 atom stereocenters. The molecule has 1 saturated heterocycles. The van der Waals surface area contributed by atoms with Crippen molar-refractivity contribution in [3.63, 3.8) is 0 Å². The molecule has 2 amide bonds. The zero-order chi connectivity index (χ0) is 16.4. The molecule has 0 saturated carbocycles. The molecule has 0 bridgehead atoms. The SMILES string of the molecule is COc1ccc(C=C2C(=O)NN(c3ccccc3)C2=O)cc1O. The number of rotatable bonds is 3. The van der Waals surface area contributed by atoms with Crippen molar-refractivity contribution in [1.29, 1.82) is 0 Å². The largest absolute Gasteiger partial charge is 0.504 e. The first-order valence-electron chi connectivity index (χ1n) is 6.89. The predicted molar refractivity (Wildman–Crippen MR) is 84.7 cm³/mol. The Morgan fingerprint density at radius 2 is 1.87 bits per heavy atom. The van der Waals surface area contributed by atoms with Crippen LogP contribution in [-0.2, 0) is 9.59 Å². The minimum atomic E-state index is -0.492. The van der Waals surface area contributed by atoms with Crippen LogP contribution in [0.4, 0.5) is 5.69 Å². The topological polar surface area (TPSA) is 78.9 Å². The van der Waals surface area contributed by atoms with E-state index in [1.165, 1.54) is 24.3 Å². The van der Waals surface area contributed by atoms with Crippen LogP contribution in [0, 0.1) is 0 Å². The fraction of sp³-hybridized carbons (Fsp3) is 0.0588. The Balaban J connectivity index is 1.92. The molecule has 1 heterocycles. The summed E-state index contributed by atoms with van der Waals surface area (Å²) in [7, 11) is 1.44. The smallest absolute Gasteiger partial charge is 0.282 e. The van der Waals surface area contributed by atoms with Gasteiger partial charge in [0.2, 0.25) is 0 Å². The van der Waals surface area contributed by atoms with Gasteiger partial charge in [0.1, 0.15) is 5.57 Å². The number of nitrogens with zero attached hydrogens (tertiary/aromatic N) is 1. The van der Waals surface area contributed by atoms with Gasteiger partial charge in [-0.05, 0) is 35.9 Å². The van der Waals surface area contributed by atoms with Gasteiger partial charge >= 0.3 is 0 Å². The van der Waals surface area contributed by atoms with Crippen molar-refractivity contribution in [2.45, 2.75) is 0 Å². The molecule has 116 valence electrons. The average Bonchev–Trinajstić information content (AvgIpc) is 2.84. The summed E-state index contributed by atoms with van der Waals surface area (Å²) in [4.78, 5) is 24.5. The van der Waals surface area contributed by atoms with E-state index in [-0.39, 0.29) is 11.3 Å². The molecule has 3 rings (SSSR count). The second-order valence-electron chi connectivity index (χ2n) is 4.91. The molecule has 0 spiro atoms. The number of hydrazine groups is 1. The van der Waals surface area contributed by atoms with Gasteiger partial charge in [0.25, 0.3) is 11.8 Å². The van der Waals surface area contributed by atoms with Gasteiger partial charge in [0, 0.05) is 0 Å². The monoisotopic (exact) mass is 310 g/mol. The number of hydrogen-bond acceptors (Lipinski definition) is 4. The third-order valence-electron chi connectivity index (χ3n) is 3.42. The Labute approximate surface area is 132 Å². The summed E-state index contributed by atoms with van der Waals surface area (Å²) in [5.41, 5.74) is 3.62. The van der Waals surface area contributed by atoms with Crippen molar-refractivity contribution in [3.8, 4) is 11.5 Å². The highest BCUT2D eigenvalue weighted by Gasteiger charge is 2.34. The van der Waals surface area contributed by atoms with Crippen molar-refractivity contribution in [3.05, 3.63) is 59.7 Å². The van der Waals surface area contributed by atoms with Crippen LogP contribution < -0.4 is 15.2 Å². The first kappa shape index (κ1) is 14.6. The molecule has 1 aliphatic rings. The van der Waals surface area contributed by atoms with Crippen LogP contribution in [-0.4, -0.2) is 24.0 Å². The van der Waals surface area contributed by atoms with E-state index >= 15 is 0 Å². The van der Waals surface area contributed by atoms with E-state index in [1.807, 2.05) is 6.07 Å². The molecular weight excluding hydrogens is 296 g/mol. The molecule has 0 radical (unpaired) electrons. The van der Waals surface area contributed by atoms with E-state index in [0.29, 0.717) is 17.0 Å². The fourth-order valence-corrected chi connectivity index (χ4v) is 2.28. The Kier molecular flexibility index (Phi) is 3.72. The van der Waals surface area contributed by atoms with Crippen molar-refractivity contribution < 1.29 is 19.4 Å². The average molecular weight is 310 g/mol. The van der Waals surface area contributed by atoms with Gasteiger partial charge in [-0.15, -0.1) is 0 Å². The zero-order valence-corrected chi connectivity index (χ0v) is 12.3. The zero-order valence-electron chi connectivity index (χ0n) is 12.3. The molecule has 1 aliphatic heterocycles. The van der Waals surface area contributed by atoms with Gasteiger partial charge in [-0.1, -0.05) is 24.3 Å². The molecule has 2 aromatic rings. The highest BCUT2D eigenvalue weighted by Crippen LogP contribution is 2.28. The molecule has 23 heavy (non-hydrogen) atoms. The maximum Gasteiger partial charge on any atom is 0.282 e. The number of aromatic hydroxyl groups is 1. The van der Waals surface area contributed by atoms with E-state index in [9.17, 15) is 14.7 Å². The second kappa shape index (κ2) is 5.84. The van der Waals surface area contributed by atoms with Crippen LogP contribution in [0.1, 0.15) is 5.56 Å². The molecule has 0 aromatic heterocycles. The summed E-state index contributed by atoms with van der Waals surface area (Å²) in [5, 5.41) is 11.0. The number of phenols is 1. The van der Waals surface area contributed by atoms with E-state index in [2.05, 4.69) is 5.43 Å².